The summed E-state index contributed by atoms with van der Waals surface area (Å²) in [5, 5.41) is 0. The molecule has 3 rings (SSSR count). The molecule has 0 radical (unpaired) electrons. The second-order valence-electron chi connectivity index (χ2n) is 8.41. The molecule has 2 aliphatic heterocycles. The van der Waals surface area contributed by atoms with Crippen LogP contribution in [0.15, 0.2) is 24.3 Å². The topological polar surface area (TPSA) is 54.0 Å². The van der Waals surface area contributed by atoms with Crippen LogP contribution in [0.25, 0.3) is 0 Å². The highest BCUT2D eigenvalue weighted by Gasteiger charge is 2.37. The van der Waals surface area contributed by atoms with Gasteiger partial charge in [0.15, 0.2) is 0 Å². The fourth-order valence-corrected chi connectivity index (χ4v) is 9.01. The molecule has 2 heterocycles. The highest BCUT2D eigenvalue weighted by atomic mass is 32.7. The minimum Gasteiger partial charge on any atom is -0.325 e. The van der Waals surface area contributed by atoms with E-state index in [1.165, 1.54) is 16.9 Å². The normalized spacial score (nSPS) is 24.6. The fourth-order valence-electron chi connectivity index (χ4n) is 2.38. The van der Waals surface area contributed by atoms with Crippen molar-refractivity contribution in [2.45, 2.75) is 39.2 Å². The van der Waals surface area contributed by atoms with Crippen LogP contribution in [0.2, 0.25) is 0 Å². The van der Waals surface area contributed by atoms with Gasteiger partial charge in [0.2, 0.25) is 7.58 Å². The van der Waals surface area contributed by atoms with Gasteiger partial charge >= 0.3 is 6.80 Å². The Kier molecular flexibility index (Phi) is 7.42. The monoisotopic (exact) mass is 450 g/mol. The maximum absolute atomic E-state index is 12.7. The van der Waals surface area contributed by atoms with Gasteiger partial charge in [-0.25, -0.2) is 4.57 Å². The van der Waals surface area contributed by atoms with Crippen molar-refractivity contribution in [1.82, 2.24) is 0 Å². The summed E-state index contributed by atoms with van der Waals surface area (Å²) >= 11 is 2.98. The van der Waals surface area contributed by atoms with Gasteiger partial charge in [0.25, 0.3) is 0 Å². The minimum absolute atomic E-state index is 0.0836. The van der Waals surface area contributed by atoms with E-state index in [1.54, 1.807) is 11.4 Å². The van der Waals surface area contributed by atoms with E-state index in [0.717, 1.165) is 24.5 Å². The first-order chi connectivity index (χ1) is 12.7. The number of benzene rings is 1. The molecule has 2 fully saturated rings. The van der Waals surface area contributed by atoms with Crippen LogP contribution in [0.5, 0.6) is 0 Å². The Balaban J connectivity index is 1.53. The highest BCUT2D eigenvalue weighted by Crippen LogP contribution is 2.65. The first-order valence-corrected chi connectivity index (χ1v) is 14.9. The van der Waals surface area contributed by atoms with E-state index in [4.69, 9.17) is 18.1 Å². The van der Waals surface area contributed by atoms with Gasteiger partial charge in [-0.2, -0.15) is 0 Å². The van der Waals surface area contributed by atoms with Gasteiger partial charge in [0.05, 0.1) is 26.4 Å². The molecular weight excluding hydrogens is 422 g/mol. The van der Waals surface area contributed by atoms with Crippen LogP contribution in [0.3, 0.4) is 0 Å². The molecule has 0 aromatic heterocycles. The lowest BCUT2D eigenvalue weighted by Crippen LogP contribution is -2.28. The third-order valence-electron chi connectivity index (χ3n) is 4.17. The SMILES string of the molecule is CC1(C)COP(SCc2ccccc2CSP2(=O)OCC(C)(C)CO2)OC1. The van der Waals surface area contributed by atoms with Crippen molar-refractivity contribution in [2.24, 2.45) is 10.8 Å². The molecule has 2 aliphatic rings. The quantitative estimate of drug-likeness (QED) is 0.451. The van der Waals surface area contributed by atoms with Crippen molar-refractivity contribution < 1.29 is 22.7 Å². The van der Waals surface area contributed by atoms with Crippen LogP contribution in [0, 0.1) is 10.8 Å². The molecule has 2 saturated heterocycles. The lowest BCUT2D eigenvalue weighted by molar-refractivity contribution is 0.0501. The second kappa shape index (κ2) is 9.06. The first kappa shape index (κ1) is 22.1. The molecule has 0 unspecified atom stereocenters. The minimum atomic E-state index is -3.07. The van der Waals surface area contributed by atoms with Gasteiger partial charge in [-0.3, -0.25) is 0 Å². The molecule has 0 aliphatic carbocycles. The van der Waals surface area contributed by atoms with Gasteiger partial charge in [0, 0.05) is 22.3 Å². The molecule has 1 aromatic carbocycles. The zero-order valence-electron chi connectivity index (χ0n) is 16.3. The van der Waals surface area contributed by atoms with Gasteiger partial charge in [0.1, 0.15) is 0 Å². The molecule has 0 spiro atoms. The third-order valence-corrected chi connectivity index (χ3v) is 10.8. The standard InChI is InChI=1S/C18H28O5P2S2/c1-17(2)11-20-24(21-12-17)26-9-15-7-5-6-8-16(15)10-27-25(19)22-13-18(3,4)14-23-25/h5-8H,9-14H2,1-4H3. The van der Waals surface area contributed by atoms with Crippen LogP contribution >= 0.6 is 37.1 Å². The van der Waals surface area contributed by atoms with E-state index in [-0.39, 0.29) is 10.8 Å². The predicted octanol–water partition coefficient (Wildman–Crippen LogP) is 6.63. The molecule has 152 valence electrons. The predicted molar refractivity (Wildman–Crippen MR) is 115 cm³/mol. The molecule has 0 bridgehead atoms. The molecular formula is C18H28O5P2S2. The lowest BCUT2D eigenvalue weighted by atomic mass is 9.97. The average molecular weight is 450 g/mol. The van der Waals surface area contributed by atoms with E-state index in [9.17, 15) is 4.57 Å². The van der Waals surface area contributed by atoms with Crippen LogP contribution in [0.1, 0.15) is 38.8 Å². The van der Waals surface area contributed by atoms with E-state index < -0.39 is 14.4 Å². The molecule has 0 saturated carbocycles. The van der Waals surface area contributed by atoms with Crippen molar-refractivity contribution in [3.63, 3.8) is 0 Å². The van der Waals surface area contributed by atoms with E-state index in [2.05, 4.69) is 26.0 Å². The van der Waals surface area contributed by atoms with E-state index >= 15 is 0 Å². The molecule has 27 heavy (non-hydrogen) atoms. The summed E-state index contributed by atoms with van der Waals surface area (Å²) < 4.78 is 35.6. The van der Waals surface area contributed by atoms with Crippen molar-refractivity contribution in [2.75, 3.05) is 26.4 Å². The molecule has 0 atom stereocenters. The van der Waals surface area contributed by atoms with Gasteiger partial charge in [-0.05, 0) is 22.5 Å². The Hall–Kier alpha value is 0.420. The fraction of sp³-hybridized carbons (Fsp3) is 0.667. The van der Waals surface area contributed by atoms with Crippen molar-refractivity contribution >= 4 is 37.1 Å². The van der Waals surface area contributed by atoms with Crippen LogP contribution in [0.4, 0.5) is 0 Å². The Labute approximate surface area is 171 Å². The van der Waals surface area contributed by atoms with Crippen molar-refractivity contribution in [3.05, 3.63) is 35.4 Å². The van der Waals surface area contributed by atoms with Gasteiger partial charge < -0.3 is 18.1 Å². The summed E-state index contributed by atoms with van der Waals surface area (Å²) in [6.07, 6.45) is 0. The maximum Gasteiger partial charge on any atom is 0.389 e. The average Bonchev–Trinajstić information content (AvgIpc) is 2.63. The summed E-state index contributed by atoms with van der Waals surface area (Å²) in [4.78, 5) is 0. The highest BCUT2D eigenvalue weighted by molar-refractivity contribution is 8.54. The zero-order chi connectivity index (χ0) is 19.5. The summed E-state index contributed by atoms with van der Waals surface area (Å²) in [6, 6.07) is 8.21. The number of hydrogen-bond acceptors (Lipinski definition) is 7. The lowest BCUT2D eigenvalue weighted by Gasteiger charge is -2.33. The zero-order valence-corrected chi connectivity index (χ0v) is 19.7. The van der Waals surface area contributed by atoms with Crippen LogP contribution < -0.4 is 0 Å². The molecule has 0 N–H and O–H groups in total. The second-order valence-corrected chi connectivity index (χ2v) is 15.7. The largest absolute Gasteiger partial charge is 0.389 e. The Morgan fingerprint density at radius 1 is 0.926 bits per heavy atom. The molecule has 0 amide bonds. The summed E-state index contributed by atoms with van der Waals surface area (Å²) in [5.41, 5.74) is 2.36. The van der Waals surface area contributed by atoms with Crippen LogP contribution in [-0.2, 0) is 34.2 Å². The molecule has 9 heteroatoms. The van der Waals surface area contributed by atoms with E-state index in [1.807, 2.05) is 26.0 Å². The smallest absolute Gasteiger partial charge is 0.325 e. The van der Waals surface area contributed by atoms with Gasteiger partial charge in [-0.1, -0.05) is 63.3 Å². The van der Waals surface area contributed by atoms with E-state index in [0.29, 0.717) is 19.0 Å². The van der Waals surface area contributed by atoms with Crippen molar-refractivity contribution in [3.8, 4) is 0 Å². The summed E-state index contributed by atoms with van der Waals surface area (Å²) in [7, 11) is -0.903. The Bertz CT molecular complexity index is 674. The number of rotatable bonds is 6. The summed E-state index contributed by atoms with van der Waals surface area (Å²) in [6.45, 7) is 7.71. The molecule has 5 nitrogen and oxygen atoms in total. The summed E-state index contributed by atoms with van der Waals surface area (Å²) in [5.74, 6) is 1.41. The Morgan fingerprint density at radius 3 is 2.04 bits per heavy atom. The third kappa shape index (κ3) is 6.72. The molecule has 1 aromatic rings. The van der Waals surface area contributed by atoms with Crippen LogP contribution in [-0.4, -0.2) is 26.4 Å². The first-order valence-electron chi connectivity index (χ1n) is 8.96. The van der Waals surface area contributed by atoms with Crippen molar-refractivity contribution in [1.29, 1.82) is 0 Å². The number of hydrogen-bond donors (Lipinski definition) is 0. The van der Waals surface area contributed by atoms with Gasteiger partial charge in [-0.15, -0.1) is 0 Å². The Morgan fingerprint density at radius 2 is 1.44 bits per heavy atom. The maximum atomic E-state index is 12.7.